The molecule has 1 aliphatic carbocycles. The Morgan fingerprint density at radius 1 is 1.09 bits per heavy atom. The van der Waals surface area contributed by atoms with Crippen LogP contribution in [-0.4, -0.2) is 33.2 Å². The number of fused-ring (bicyclic) bond motifs is 2. The highest BCUT2D eigenvalue weighted by atomic mass is 32.2. The monoisotopic (exact) mass is 470 g/mol. The highest BCUT2D eigenvalue weighted by Gasteiger charge is 2.36. The van der Waals surface area contributed by atoms with Gasteiger partial charge in [0.1, 0.15) is 5.75 Å². The van der Waals surface area contributed by atoms with Gasteiger partial charge >= 0.3 is 0 Å². The zero-order valence-electron chi connectivity index (χ0n) is 20.1. The van der Waals surface area contributed by atoms with Gasteiger partial charge in [-0.2, -0.15) is 0 Å². The van der Waals surface area contributed by atoms with E-state index < -0.39 is 16.1 Å². The Balaban J connectivity index is 1.55. The van der Waals surface area contributed by atoms with Crippen molar-refractivity contribution in [3.05, 3.63) is 58.7 Å². The fourth-order valence-electron chi connectivity index (χ4n) is 4.58. The Morgan fingerprint density at radius 3 is 2.45 bits per heavy atom. The number of carbonyl (C=O) groups excluding carboxylic acids is 1. The highest BCUT2D eigenvalue weighted by molar-refractivity contribution is 7.92. The predicted octanol–water partition coefficient (Wildman–Crippen LogP) is 4.27. The summed E-state index contributed by atoms with van der Waals surface area (Å²) in [6, 6.07) is 11.8. The lowest BCUT2D eigenvalue weighted by Crippen LogP contribution is -2.50. The van der Waals surface area contributed by atoms with Crippen molar-refractivity contribution in [3.63, 3.8) is 0 Å². The van der Waals surface area contributed by atoms with Crippen LogP contribution < -0.4 is 14.4 Å². The third-order valence-corrected chi connectivity index (χ3v) is 7.77. The molecule has 33 heavy (non-hydrogen) atoms. The molecule has 2 aromatic carbocycles. The maximum atomic E-state index is 13.1. The van der Waals surface area contributed by atoms with Crippen LogP contribution in [0.3, 0.4) is 0 Å². The molecule has 1 N–H and O–H groups in total. The van der Waals surface area contributed by atoms with E-state index in [0.29, 0.717) is 11.4 Å². The quantitative estimate of drug-likeness (QED) is 0.724. The van der Waals surface area contributed by atoms with Crippen molar-refractivity contribution in [2.45, 2.75) is 70.9 Å². The smallest absolute Gasteiger partial charge is 0.263 e. The number of benzene rings is 2. The van der Waals surface area contributed by atoms with Gasteiger partial charge in [-0.25, -0.2) is 8.42 Å². The molecule has 1 amide bonds. The molecule has 0 spiro atoms. The number of carbonyl (C=O) groups is 1. The van der Waals surface area contributed by atoms with Crippen molar-refractivity contribution in [1.29, 1.82) is 0 Å². The van der Waals surface area contributed by atoms with Gasteiger partial charge in [-0.05, 0) is 72.4 Å². The minimum Gasteiger partial charge on any atom is -0.476 e. The van der Waals surface area contributed by atoms with E-state index in [1.165, 1.54) is 28.3 Å². The molecular formula is C26H34N2O4S. The summed E-state index contributed by atoms with van der Waals surface area (Å²) in [5.41, 5.74) is 5.15. The first-order valence-corrected chi connectivity index (χ1v) is 13.5. The summed E-state index contributed by atoms with van der Waals surface area (Å²) in [6.07, 6.45) is 4.86. The molecule has 178 valence electrons. The van der Waals surface area contributed by atoms with Gasteiger partial charge in [-0.3, -0.25) is 9.10 Å². The molecule has 6 nitrogen and oxygen atoms in total. The average molecular weight is 471 g/mol. The van der Waals surface area contributed by atoms with E-state index in [0.717, 1.165) is 30.2 Å². The van der Waals surface area contributed by atoms with Gasteiger partial charge in [-0.15, -0.1) is 0 Å². The Kier molecular flexibility index (Phi) is 6.20. The lowest BCUT2D eigenvalue weighted by molar-refractivity contribution is -0.128. The summed E-state index contributed by atoms with van der Waals surface area (Å²) in [5, 5.41) is 3.03. The van der Waals surface area contributed by atoms with E-state index in [1.54, 1.807) is 6.07 Å². The molecule has 4 rings (SSSR count). The van der Waals surface area contributed by atoms with Crippen LogP contribution in [0.15, 0.2) is 36.4 Å². The van der Waals surface area contributed by atoms with Gasteiger partial charge in [0.2, 0.25) is 10.0 Å². The minimum absolute atomic E-state index is 0.0534. The second-order valence-electron chi connectivity index (χ2n) is 10.3. The molecular weight excluding hydrogens is 436 g/mol. The summed E-state index contributed by atoms with van der Waals surface area (Å²) in [5.74, 6) is 0.0840. The third kappa shape index (κ3) is 5.03. The average Bonchev–Trinajstić information content (AvgIpc) is 2.76. The lowest BCUT2D eigenvalue weighted by atomic mass is 9.86. The number of sulfonamides is 1. The van der Waals surface area contributed by atoms with E-state index in [4.69, 9.17) is 4.74 Å². The topological polar surface area (TPSA) is 75.7 Å². The zero-order valence-corrected chi connectivity index (χ0v) is 21.0. The van der Waals surface area contributed by atoms with Crippen LogP contribution >= 0.6 is 0 Å². The number of nitrogens with one attached hydrogen (secondary N) is 1. The van der Waals surface area contributed by atoms with E-state index >= 15 is 0 Å². The fraction of sp³-hybridized carbons (Fsp3) is 0.500. The van der Waals surface area contributed by atoms with Gasteiger partial charge in [0.25, 0.3) is 5.91 Å². The summed E-state index contributed by atoms with van der Waals surface area (Å²) in [7, 11) is -3.59. The standard InChI is InChI=1S/C26H34N2O4S/c1-17(19-11-10-18-8-6-7-9-20(18)14-19)27-25(29)24-16-28(33(5,30)31)22-15-21(26(2,3)4)12-13-23(22)32-24/h10-15,17,24H,6-9,16H2,1-5H3,(H,27,29)/t17-,24-/m0/s1. The Labute approximate surface area is 197 Å². The van der Waals surface area contributed by atoms with Gasteiger partial charge in [0, 0.05) is 0 Å². The largest absolute Gasteiger partial charge is 0.476 e. The molecule has 1 aliphatic heterocycles. The SMILES string of the molecule is C[C@H](NC(=O)[C@@H]1CN(S(C)(=O)=O)c2cc(C(C)(C)C)ccc2O1)c1ccc2c(c1)CCCC2. The molecule has 0 radical (unpaired) electrons. The predicted molar refractivity (Wildman–Crippen MR) is 131 cm³/mol. The van der Waals surface area contributed by atoms with Crippen molar-refractivity contribution >= 4 is 21.6 Å². The summed E-state index contributed by atoms with van der Waals surface area (Å²) in [4.78, 5) is 13.1. The van der Waals surface area contributed by atoms with Crippen molar-refractivity contribution < 1.29 is 17.9 Å². The van der Waals surface area contributed by atoms with Crippen LogP contribution in [0.1, 0.15) is 68.8 Å². The molecule has 0 fully saturated rings. The molecule has 2 aromatic rings. The van der Waals surface area contributed by atoms with E-state index in [9.17, 15) is 13.2 Å². The number of amides is 1. The number of anilines is 1. The van der Waals surface area contributed by atoms with Crippen LogP contribution in [-0.2, 0) is 33.1 Å². The van der Waals surface area contributed by atoms with Gasteiger partial charge in [0.05, 0.1) is 24.5 Å². The number of hydrogen-bond acceptors (Lipinski definition) is 4. The Hall–Kier alpha value is -2.54. The lowest BCUT2D eigenvalue weighted by Gasteiger charge is -2.35. The molecule has 0 aromatic heterocycles. The first kappa shape index (κ1) is 23.6. The molecule has 0 saturated heterocycles. The van der Waals surface area contributed by atoms with Crippen molar-refractivity contribution in [3.8, 4) is 5.75 Å². The second-order valence-corrected chi connectivity index (χ2v) is 12.2. The van der Waals surface area contributed by atoms with Crippen LogP contribution in [0.5, 0.6) is 5.75 Å². The summed E-state index contributed by atoms with van der Waals surface area (Å²) < 4.78 is 32.5. The van der Waals surface area contributed by atoms with Gasteiger partial charge < -0.3 is 10.1 Å². The Bertz CT molecular complexity index is 1170. The summed E-state index contributed by atoms with van der Waals surface area (Å²) in [6.45, 7) is 8.11. The second kappa shape index (κ2) is 8.67. The van der Waals surface area contributed by atoms with E-state index in [2.05, 4.69) is 44.3 Å². The molecule has 0 saturated carbocycles. The molecule has 0 bridgehead atoms. The first-order chi connectivity index (χ1) is 15.4. The van der Waals surface area contributed by atoms with Gasteiger partial charge in [0.15, 0.2) is 6.10 Å². The molecule has 1 heterocycles. The number of aryl methyl sites for hydroxylation is 2. The maximum absolute atomic E-state index is 13.1. The number of hydrogen-bond donors (Lipinski definition) is 1. The Morgan fingerprint density at radius 2 is 1.79 bits per heavy atom. The minimum atomic E-state index is -3.59. The normalized spacial score (nSPS) is 19.2. The van der Waals surface area contributed by atoms with Crippen LogP contribution in [0.4, 0.5) is 5.69 Å². The van der Waals surface area contributed by atoms with Crippen LogP contribution in [0.25, 0.3) is 0 Å². The van der Waals surface area contributed by atoms with Crippen LogP contribution in [0.2, 0.25) is 0 Å². The van der Waals surface area contributed by atoms with E-state index in [1.807, 2.05) is 19.1 Å². The molecule has 7 heteroatoms. The third-order valence-electron chi connectivity index (χ3n) is 6.62. The summed E-state index contributed by atoms with van der Waals surface area (Å²) >= 11 is 0. The van der Waals surface area contributed by atoms with Crippen molar-refractivity contribution in [2.24, 2.45) is 0 Å². The zero-order chi connectivity index (χ0) is 24.0. The van der Waals surface area contributed by atoms with Crippen LogP contribution in [0, 0.1) is 0 Å². The number of nitrogens with zero attached hydrogens (tertiary/aromatic N) is 1. The van der Waals surface area contributed by atoms with Crippen molar-refractivity contribution in [1.82, 2.24) is 5.32 Å². The number of ether oxygens (including phenoxy) is 1. The van der Waals surface area contributed by atoms with E-state index in [-0.39, 0.29) is 23.9 Å². The number of rotatable bonds is 4. The molecule has 2 atom stereocenters. The first-order valence-electron chi connectivity index (χ1n) is 11.6. The van der Waals surface area contributed by atoms with Crippen molar-refractivity contribution in [2.75, 3.05) is 17.1 Å². The van der Waals surface area contributed by atoms with Gasteiger partial charge in [-0.1, -0.05) is 45.0 Å². The molecule has 2 aliphatic rings. The fourth-order valence-corrected chi connectivity index (χ4v) is 5.49. The molecule has 0 unspecified atom stereocenters. The highest BCUT2D eigenvalue weighted by Crippen LogP contribution is 2.38. The maximum Gasteiger partial charge on any atom is 0.263 e.